The zero-order chi connectivity index (χ0) is 20.2. The Bertz CT molecular complexity index is 1060. The summed E-state index contributed by atoms with van der Waals surface area (Å²) in [4.78, 5) is 26.8. The molecule has 7 nitrogen and oxygen atoms in total. The lowest BCUT2D eigenvalue weighted by atomic mass is 10.0. The molecule has 0 saturated carbocycles. The van der Waals surface area contributed by atoms with Crippen molar-refractivity contribution in [2.75, 3.05) is 38.7 Å². The Morgan fingerprint density at radius 2 is 1.97 bits per heavy atom. The number of ether oxygens (including phenoxy) is 1. The highest BCUT2D eigenvalue weighted by Crippen LogP contribution is 2.26. The predicted molar refractivity (Wildman–Crippen MR) is 113 cm³/mol. The van der Waals surface area contributed by atoms with Gasteiger partial charge in [-0.2, -0.15) is 5.10 Å². The second-order valence-corrected chi connectivity index (χ2v) is 7.29. The first-order chi connectivity index (χ1) is 14.2. The van der Waals surface area contributed by atoms with Crippen molar-refractivity contribution in [1.82, 2.24) is 15.1 Å². The Hall–Kier alpha value is -3.03. The number of fused-ring (bicyclic) bond motifs is 1. The minimum absolute atomic E-state index is 0.00339. The quantitative estimate of drug-likeness (QED) is 0.673. The van der Waals surface area contributed by atoms with E-state index in [2.05, 4.69) is 20.4 Å². The molecule has 1 aliphatic heterocycles. The van der Waals surface area contributed by atoms with E-state index in [0.717, 1.165) is 42.7 Å². The monoisotopic (exact) mass is 392 g/mol. The van der Waals surface area contributed by atoms with Gasteiger partial charge < -0.3 is 15.0 Å². The average Bonchev–Trinajstić information content (AvgIpc) is 3.23. The van der Waals surface area contributed by atoms with Crippen molar-refractivity contribution in [1.29, 1.82) is 0 Å². The third-order valence-electron chi connectivity index (χ3n) is 5.38. The van der Waals surface area contributed by atoms with Crippen molar-refractivity contribution in [2.45, 2.75) is 6.42 Å². The maximum absolute atomic E-state index is 12.6. The molecule has 0 spiro atoms. The Balaban J connectivity index is 1.46. The third-order valence-corrected chi connectivity index (χ3v) is 5.38. The summed E-state index contributed by atoms with van der Waals surface area (Å²) in [5.41, 5.74) is 2.14. The SMILES string of the molecule is COCCN1CCC(C(=O)Nc2ccc(-c3n[nH]c(=O)c4ccccc34)cc2)C1. The van der Waals surface area contributed by atoms with Crippen LogP contribution in [0.1, 0.15) is 6.42 Å². The predicted octanol–water partition coefficient (Wildman–Crippen LogP) is 2.50. The van der Waals surface area contributed by atoms with Gasteiger partial charge in [0, 0.05) is 36.8 Å². The average molecular weight is 392 g/mol. The van der Waals surface area contributed by atoms with Crippen LogP contribution in [0.15, 0.2) is 53.3 Å². The van der Waals surface area contributed by atoms with Crippen molar-refractivity contribution in [3.63, 3.8) is 0 Å². The first-order valence-electron chi connectivity index (χ1n) is 9.75. The number of likely N-dealkylation sites (tertiary alicyclic amines) is 1. The van der Waals surface area contributed by atoms with Crippen LogP contribution in [0.2, 0.25) is 0 Å². The van der Waals surface area contributed by atoms with Crippen molar-refractivity contribution >= 4 is 22.4 Å². The smallest absolute Gasteiger partial charge is 0.272 e. The van der Waals surface area contributed by atoms with Crippen LogP contribution in [0.3, 0.4) is 0 Å². The lowest BCUT2D eigenvalue weighted by molar-refractivity contribution is -0.119. The largest absolute Gasteiger partial charge is 0.383 e. The van der Waals surface area contributed by atoms with Crippen LogP contribution in [0.5, 0.6) is 0 Å². The fourth-order valence-corrected chi connectivity index (χ4v) is 3.76. The van der Waals surface area contributed by atoms with Crippen molar-refractivity contribution in [3.8, 4) is 11.3 Å². The maximum atomic E-state index is 12.6. The molecule has 1 unspecified atom stereocenters. The number of aromatic amines is 1. The maximum Gasteiger partial charge on any atom is 0.272 e. The van der Waals surface area contributed by atoms with E-state index in [4.69, 9.17) is 4.74 Å². The molecule has 4 rings (SSSR count). The molecule has 3 aromatic rings. The molecule has 0 bridgehead atoms. The molecule has 2 heterocycles. The molecule has 2 N–H and O–H groups in total. The van der Waals surface area contributed by atoms with Crippen LogP contribution in [0, 0.1) is 5.92 Å². The van der Waals surface area contributed by atoms with E-state index >= 15 is 0 Å². The van der Waals surface area contributed by atoms with Crippen molar-refractivity contribution in [2.24, 2.45) is 5.92 Å². The molecule has 0 radical (unpaired) electrons. The molecule has 150 valence electrons. The summed E-state index contributed by atoms with van der Waals surface area (Å²) in [6, 6.07) is 14.9. The molecule has 7 heteroatoms. The Labute approximate surface area is 168 Å². The van der Waals surface area contributed by atoms with E-state index in [1.165, 1.54) is 0 Å². The van der Waals surface area contributed by atoms with Gasteiger partial charge in [-0.05, 0) is 31.2 Å². The van der Waals surface area contributed by atoms with Gasteiger partial charge in [-0.25, -0.2) is 5.10 Å². The number of benzene rings is 2. The highest BCUT2D eigenvalue weighted by atomic mass is 16.5. The van der Waals surface area contributed by atoms with Crippen molar-refractivity contribution in [3.05, 3.63) is 58.9 Å². The summed E-state index contributed by atoms with van der Waals surface area (Å²) >= 11 is 0. The number of H-pyrrole nitrogens is 1. The molecule has 29 heavy (non-hydrogen) atoms. The second kappa shape index (κ2) is 8.55. The van der Waals surface area contributed by atoms with E-state index in [1.54, 1.807) is 13.2 Å². The fraction of sp³-hybridized carbons (Fsp3) is 0.318. The lowest BCUT2D eigenvalue weighted by Gasteiger charge is -2.15. The Morgan fingerprint density at radius 3 is 2.72 bits per heavy atom. The number of nitrogens with one attached hydrogen (secondary N) is 2. The first kappa shape index (κ1) is 19.3. The van der Waals surface area contributed by atoms with Gasteiger partial charge in [0.15, 0.2) is 0 Å². The minimum atomic E-state index is -0.204. The molecule has 1 atom stereocenters. The van der Waals surface area contributed by atoms with Crippen LogP contribution in [0.4, 0.5) is 5.69 Å². The van der Waals surface area contributed by atoms with Crippen molar-refractivity contribution < 1.29 is 9.53 Å². The van der Waals surface area contributed by atoms with Gasteiger partial charge >= 0.3 is 0 Å². The minimum Gasteiger partial charge on any atom is -0.383 e. The first-order valence-corrected chi connectivity index (χ1v) is 9.75. The molecular weight excluding hydrogens is 368 g/mol. The van der Waals surface area contributed by atoms with Gasteiger partial charge in [0.2, 0.25) is 5.91 Å². The topological polar surface area (TPSA) is 87.3 Å². The molecule has 2 aromatic carbocycles. The molecule has 1 aliphatic rings. The number of carbonyl (C=O) groups excluding carboxylic acids is 1. The van der Waals surface area contributed by atoms with Gasteiger partial charge in [-0.3, -0.25) is 9.59 Å². The van der Waals surface area contributed by atoms with Gasteiger partial charge in [0.05, 0.1) is 23.6 Å². The molecule has 1 amide bonds. The summed E-state index contributed by atoms with van der Waals surface area (Å²) in [5.74, 6) is 0.0432. The molecular formula is C22H24N4O3. The molecule has 0 aliphatic carbocycles. The molecule has 1 aromatic heterocycles. The number of anilines is 1. The standard InChI is InChI=1S/C22H24N4O3/c1-29-13-12-26-11-10-16(14-26)21(27)23-17-8-6-15(7-9-17)20-18-4-2-3-5-19(18)22(28)25-24-20/h2-9,16H,10-14H2,1H3,(H,23,27)(H,25,28). The van der Waals surface area contributed by atoms with E-state index < -0.39 is 0 Å². The highest BCUT2D eigenvalue weighted by Gasteiger charge is 2.27. The van der Waals surface area contributed by atoms with Gasteiger partial charge in [0.25, 0.3) is 5.56 Å². The summed E-state index contributed by atoms with van der Waals surface area (Å²) < 4.78 is 5.11. The van der Waals surface area contributed by atoms with Crippen LogP contribution in [0.25, 0.3) is 22.0 Å². The van der Waals surface area contributed by atoms with Crippen LogP contribution in [-0.2, 0) is 9.53 Å². The zero-order valence-corrected chi connectivity index (χ0v) is 16.4. The van der Waals surface area contributed by atoms with E-state index in [1.807, 2.05) is 42.5 Å². The number of amides is 1. The number of carbonyl (C=O) groups is 1. The van der Waals surface area contributed by atoms with Crippen LogP contribution >= 0.6 is 0 Å². The second-order valence-electron chi connectivity index (χ2n) is 7.29. The van der Waals surface area contributed by atoms with Crippen LogP contribution in [-0.4, -0.2) is 54.4 Å². The number of nitrogens with zero attached hydrogens (tertiary/aromatic N) is 2. The Morgan fingerprint density at radius 1 is 1.21 bits per heavy atom. The van der Waals surface area contributed by atoms with E-state index in [0.29, 0.717) is 17.7 Å². The number of rotatable bonds is 6. The zero-order valence-electron chi connectivity index (χ0n) is 16.4. The van der Waals surface area contributed by atoms with Gasteiger partial charge in [-0.15, -0.1) is 0 Å². The number of hydrogen-bond acceptors (Lipinski definition) is 5. The summed E-state index contributed by atoms with van der Waals surface area (Å²) in [6.45, 7) is 3.23. The fourth-order valence-electron chi connectivity index (χ4n) is 3.76. The summed E-state index contributed by atoms with van der Waals surface area (Å²) in [5, 5.41) is 11.2. The van der Waals surface area contributed by atoms with Crippen LogP contribution < -0.4 is 10.9 Å². The highest BCUT2D eigenvalue weighted by molar-refractivity contribution is 5.95. The Kier molecular flexibility index (Phi) is 5.69. The lowest BCUT2D eigenvalue weighted by Crippen LogP contribution is -2.29. The summed E-state index contributed by atoms with van der Waals surface area (Å²) in [7, 11) is 1.69. The number of hydrogen-bond donors (Lipinski definition) is 2. The van der Waals surface area contributed by atoms with Gasteiger partial charge in [-0.1, -0.05) is 30.3 Å². The number of methoxy groups -OCH3 is 1. The third kappa shape index (κ3) is 4.21. The molecule has 1 fully saturated rings. The number of aromatic nitrogens is 2. The van der Waals surface area contributed by atoms with E-state index in [-0.39, 0.29) is 17.4 Å². The molecule has 1 saturated heterocycles. The normalized spacial score (nSPS) is 16.9. The van der Waals surface area contributed by atoms with E-state index in [9.17, 15) is 9.59 Å². The van der Waals surface area contributed by atoms with Gasteiger partial charge in [0.1, 0.15) is 0 Å². The summed E-state index contributed by atoms with van der Waals surface area (Å²) in [6.07, 6.45) is 0.862.